The van der Waals surface area contributed by atoms with Crippen LogP contribution >= 0.6 is 0 Å². The molecule has 2 N–H and O–H groups in total. The van der Waals surface area contributed by atoms with E-state index in [0.29, 0.717) is 17.3 Å². The van der Waals surface area contributed by atoms with E-state index < -0.39 is 0 Å². The zero-order valence-electron chi connectivity index (χ0n) is 11.7. The van der Waals surface area contributed by atoms with Crippen molar-refractivity contribution in [1.29, 1.82) is 0 Å². The first-order chi connectivity index (χ1) is 9.65. The average molecular weight is 269 g/mol. The summed E-state index contributed by atoms with van der Waals surface area (Å²) in [6.45, 7) is 0.813. The molecule has 1 heterocycles. The second kappa shape index (κ2) is 5.12. The highest BCUT2D eigenvalue weighted by Gasteiger charge is 2.23. The number of fused-ring (bicyclic) bond motifs is 1. The number of nitrogens with two attached hydrogens (primary N) is 1. The summed E-state index contributed by atoms with van der Waals surface area (Å²) in [5.74, 6) is 0.608. The third kappa shape index (κ3) is 2.33. The highest BCUT2D eigenvalue weighted by molar-refractivity contribution is 5.99. The van der Waals surface area contributed by atoms with E-state index in [1.165, 1.54) is 19.3 Å². The van der Waals surface area contributed by atoms with E-state index in [-0.39, 0.29) is 5.91 Å². The summed E-state index contributed by atoms with van der Waals surface area (Å²) in [6.07, 6.45) is 3.74. The van der Waals surface area contributed by atoms with Gasteiger partial charge in [-0.1, -0.05) is 24.6 Å². The summed E-state index contributed by atoms with van der Waals surface area (Å²) >= 11 is 0. The summed E-state index contributed by atoms with van der Waals surface area (Å²) in [4.78, 5) is 18.6. The third-order valence-corrected chi connectivity index (χ3v) is 4.07. The smallest absolute Gasteiger partial charge is 0.272 e. The summed E-state index contributed by atoms with van der Waals surface area (Å²) in [6, 6.07) is 9.31. The van der Waals surface area contributed by atoms with Crippen LogP contribution in [-0.4, -0.2) is 29.4 Å². The number of hydrogen-bond donors (Lipinski definition) is 1. The van der Waals surface area contributed by atoms with Crippen LogP contribution in [-0.2, 0) is 0 Å². The van der Waals surface area contributed by atoms with Gasteiger partial charge in [0.25, 0.3) is 5.91 Å². The van der Waals surface area contributed by atoms with E-state index in [1.54, 1.807) is 11.0 Å². The van der Waals surface area contributed by atoms with Gasteiger partial charge in [-0.05, 0) is 30.9 Å². The molecule has 1 fully saturated rings. The number of hydrogen-bond acceptors (Lipinski definition) is 3. The van der Waals surface area contributed by atoms with Crippen LogP contribution in [0.2, 0.25) is 0 Å². The molecule has 104 valence electrons. The standard InChI is InChI=1S/C16H19N3O/c1-19(10-11-5-4-6-11)16(20)15-9-13(17)12-7-2-3-8-14(12)18-15/h2-3,7-9,11H,4-6,10H2,1H3,(H2,17,18). The molecule has 0 spiro atoms. The lowest BCUT2D eigenvalue weighted by Crippen LogP contribution is -2.34. The number of nitrogen functional groups attached to an aromatic ring is 1. The van der Waals surface area contributed by atoms with Crippen molar-refractivity contribution in [3.63, 3.8) is 0 Å². The molecule has 1 aliphatic carbocycles. The molecule has 0 saturated heterocycles. The Morgan fingerprint density at radius 3 is 2.85 bits per heavy atom. The number of benzene rings is 1. The van der Waals surface area contributed by atoms with Crippen molar-refractivity contribution in [2.45, 2.75) is 19.3 Å². The van der Waals surface area contributed by atoms with Gasteiger partial charge in [0.1, 0.15) is 5.69 Å². The largest absolute Gasteiger partial charge is 0.398 e. The number of carbonyl (C=O) groups excluding carboxylic acids is 1. The lowest BCUT2D eigenvalue weighted by Gasteiger charge is -2.30. The molecule has 20 heavy (non-hydrogen) atoms. The molecule has 1 amide bonds. The molecule has 0 aliphatic heterocycles. The molecule has 1 aromatic carbocycles. The normalized spacial score (nSPS) is 15.1. The van der Waals surface area contributed by atoms with Crippen LogP contribution in [0.5, 0.6) is 0 Å². The fourth-order valence-electron chi connectivity index (χ4n) is 2.65. The summed E-state index contributed by atoms with van der Waals surface area (Å²) in [5, 5.41) is 0.894. The minimum Gasteiger partial charge on any atom is -0.398 e. The number of rotatable bonds is 3. The van der Waals surface area contributed by atoms with Crippen molar-refractivity contribution in [2.75, 3.05) is 19.3 Å². The molecular weight excluding hydrogens is 250 g/mol. The molecule has 1 aliphatic rings. The topological polar surface area (TPSA) is 59.2 Å². The monoisotopic (exact) mass is 269 g/mol. The third-order valence-electron chi connectivity index (χ3n) is 4.07. The number of aromatic nitrogens is 1. The number of amides is 1. The van der Waals surface area contributed by atoms with E-state index in [0.717, 1.165) is 17.4 Å². The predicted octanol–water partition coefficient (Wildman–Crippen LogP) is 2.69. The molecule has 4 nitrogen and oxygen atoms in total. The van der Waals surface area contributed by atoms with Gasteiger partial charge in [-0.15, -0.1) is 0 Å². The SMILES string of the molecule is CN(CC1CCC1)C(=O)c1cc(N)c2ccccc2n1. The minimum absolute atomic E-state index is 0.0469. The first-order valence-corrected chi connectivity index (χ1v) is 7.06. The van der Waals surface area contributed by atoms with Crippen molar-refractivity contribution in [2.24, 2.45) is 5.92 Å². The van der Waals surface area contributed by atoms with Gasteiger partial charge in [0.15, 0.2) is 0 Å². The van der Waals surface area contributed by atoms with Gasteiger partial charge < -0.3 is 10.6 Å². The van der Waals surface area contributed by atoms with Crippen LogP contribution < -0.4 is 5.73 Å². The highest BCUT2D eigenvalue weighted by atomic mass is 16.2. The Labute approximate surface area is 118 Å². The molecule has 0 bridgehead atoms. The van der Waals surface area contributed by atoms with Crippen molar-refractivity contribution in [1.82, 2.24) is 9.88 Å². The van der Waals surface area contributed by atoms with E-state index >= 15 is 0 Å². The Kier molecular flexibility index (Phi) is 3.30. The molecular formula is C16H19N3O. The van der Waals surface area contributed by atoms with Gasteiger partial charge in [0.2, 0.25) is 0 Å². The van der Waals surface area contributed by atoms with Gasteiger partial charge in [-0.3, -0.25) is 4.79 Å². The molecule has 4 heteroatoms. The molecule has 0 unspecified atom stereocenters. The lowest BCUT2D eigenvalue weighted by molar-refractivity contribution is 0.0740. The van der Waals surface area contributed by atoms with E-state index in [4.69, 9.17) is 5.73 Å². The fraction of sp³-hybridized carbons (Fsp3) is 0.375. The van der Waals surface area contributed by atoms with Crippen LogP contribution in [0.3, 0.4) is 0 Å². The van der Waals surface area contributed by atoms with Gasteiger partial charge in [-0.25, -0.2) is 4.98 Å². The van der Waals surface area contributed by atoms with Crippen molar-refractivity contribution in [3.05, 3.63) is 36.0 Å². The van der Waals surface area contributed by atoms with Crippen LogP contribution in [0.15, 0.2) is 30.3 Å². The van der Waals surface area contributed by atoms with Gasteiger partial charge in [-0.2, -0.15) is 0 Å². The van der Waals surface area contributed by atoms with Crippen LogP contribution in [0.4, 0.5) is 5.69 Å². The number of nitrogens with zero attached hydrogens (tertiary/aromatic N) is 2. The Bertz CT molecular complexity index is 649. The van der Waals surface area contributed by atoms with E-state index in [1.807, 2.05) is 31.3 Å². The van der Waals surface area contributed by atoms with Crippen molar-refractivity contribution < 1.29 is 4.79 Å². The maximum Gasteiger partial charge on any atom is 0.272 e. The first-order valence-electron chi connectivity index (χ1n) is 7.06. The molecule has 2 aromatic rings. The van der Waals surface area contributed by atoms with Crippen LogP contribution in [0, 0.1) is 5.92 Å². The Morgan fingerprint density at radius 1 is 1.40 bits per heavy atom. The molecule has 1 saturated carbocycles. The molecule has 0 atom stereocenters. The number of para-hydroxylation sites is 1. The fourth-order valence-corrected chi connectivity index (χ4v) is 2.65. The quantitative estimate of drug-likeness (QED) is 0.932. The van der Waals surface area contributed by atoms with E-state index in [9.17, 15) is 4.79 Å². The Hall–Kier alpha value is -2.10. The van der Waals surface area contributed by atoms with E-state index in [2.05, 4.69) is 4.98 Å². The summed E-state index contributed by atoms with van der Waals surface area (Å²) in [5.41, 5.74) is 7.83. The second-order valence-corrected chi connectivity index (χ2v) is 5.60. The second-order valence-electron chi connectivity index (χ2n) is 5.60. The number of anilines is 1. The molecule has 1 aromatic heterocycles. The Balaban J connectivity index is 1.87. The predicted molar refractivity (Wildman–Crippen MR) is 80.5 cm³/mol. The average Bonchev–Trinajstić information content (AvgIpc) is 2.41. The van der Waals surface area contributed by atoms with Crippen LogP contribution in [0.25, 0.3) is 10.9 Å². The molecule has 3 rings (SSSR count). The zero-order valence-corrected chi connectivity index (χ0v) is 11.7. The Morgan fingerprint density at radius 2 is 2.15 bits per heavy atom. The number of carbonyl (C=O) groups is 1. The molecule has 0 radical (unpaired) electrons. The lowest BCUT2D eigenvalue weighted by atomic mass is 9.85. The number of pyridine rings is 1. The maximum atomic E-state index is 12.4. The van der Waals surface area contributed by atoms with Crippen molar-refractivity contribution >= 4 is 22.5 Å². The first kappa shape index (κ1) is 12.9. The minimum atomic E-state index is -0.0469. The van der Waals surface area contributed by atoms with Gasteiger partial charge in [0, 0.05) is 24.7 Å². The van der Waals surface area contributed by atoms with Crippen molar-refractivity contribution in [3.8, 4) is 0 Å². The van der Waals surface area contributed by atoms with Gasteiger partial charge in [0.05, 0.1) is 5.52 Å². The van der Waals surface area contributed by atoms with Crippen LogP contribution in [0.1, 0.15) is 29.8 Å². The van der Waals surface area contributed by atoms with Gasteiger partial charge >= 0.3 is 0 Å². The highest BCUT2D eigenvalue weighted by Crippen LogP contribution is 2.27. The maximum absolute atomic E-state index is 12.4. The summed E-state index contributed by atoms with van der Waals surface area (Å²) < 4.78 is 0. The zero-order chi connectivity index (χ0) is 14.1. The summed E-state index contributed by atoms with van der Waals surface area (Å²) in [7, 11) is 1.84.